The molecule has 3 N–H and O–H groups in total. The number of nitrogens with zero attached hydrogens (tertiary/aromatic N) is 1. The Balaban J connectivity index is 2.70. The van der Waals surface area contributed by atoms with Crippen LogP contribution in [-0.2, 0) is 9.09 Å². The summed E-state index contributed by atoms with van der Waals surface area (Å²) in [7, 11) is -3.04. The zero-order chi connectivity index (χ0) is 9.19. The van der Waals surface area contributed by atoms with E-state index in [0.29, 0.717) is 0 Å². The van der Waals surface area contributed by atoms with Gasteiger partial charge in [0.2, 0.25) is 0 Å². The first-order chi connectivity index (χ1) is 5.53. The summed E-state index contributed by atoms with van der Waals surface area (Å²) >= 11 is 0. The van der Waals surface area contributed by atoms with Crippen molar-refractivity contribution in [3.05, 3.63) is 6.07 Å². The standard InChI is InChI=1S/C4H7N2O5P/c1-9-12(7,8)11-4-2-3(5)6-10-4/h2H,1H3,(H2,5,6)(H,7,8). The minimum atomic E-state index is -4.07. The molecule has 0 spiro atoms. The lowest BCUT2D eigenvalue weighted by atomic mass is 10.6. The summed E-state index contributed by atoms with van der Waals surface area (Å²) < 4.78 is 23.6. The summed E-state index contributed by atoms with van der Waals surface area (Å²) in [6, 6.07) is 1.15. The monoisotopic (exact) mass is 194 g/mol. The molecule has 1 aromatic rings. The Morgan fingerprint density at radius 2 is 2.50 bits per heavy atom. The largest absolute Gasteiger partial charge is 0.529 e. The van der Waals surface area contributed by atoms with Gasteiger partial charge in [0.1, 0.15) is 0 Å². The van der Waals surface area contributed by atoms with Crippen LogP contribution in [0.3, 0.4) is 0 Å². The number of hydrogen-bond acceptors (Lipinski definition) is 6. The van der Waals surface area contributed by atoms with Gasteiger partial charge in [-0.2, -0.15) is 0 Å². The van der Waals surface area contributed by atoms with Crippen molar-refractivity contribution < 1.29 is 23.0 Å². The average Bonchev–Trinajstić information content (AvgIpc) is 2.35. The van der Waals surface area contributed by atoms with Gasteiger partial charge >= 0.3 is 13.8 Å². The molecule has 1 atom stereocenters. The molecule has 7 nitrogen and oxygen atoms in total. The van der Waals surface area contributed by atoms with Crippen LogP contribution in [0, 0.1) is 0 Å². The van der Waals surface area contributed by atoms with Crippen molar-refractivity contribution in [2.24, 2.45) is 0 Å². The Kier molecular flexibility index (Phi) is 2.37. The van der Waals surface area contributed by atoms with Crippen molar-refractivity contribution in [1.82, 2.24) is 5.16 Å². The van der Waals surface area contributed by atoms with E-state index in [1.165, 1.54) is 0 Å². The maximum atomic E-state index is 10.7. The molecule has 1 rings (SSSR count). The maximum Gasteiger partial charge on any atom is 0.529 e. The molecule has 0 aliphatic heterocycles. The van der Waals surface area contributed by atoms with Crippen molar-refractivity contribution in [2.45, 2.75) is 0 Å². The molecule has 0 fully saturated rings. The Hall–Kier alpha value is -1.04. The molecule has 0 aliphatic rings. The fourth-order valence-electron chi connectivity index (χ4n) is 0.465. The first-order valence-electron chi connectivity index (χ1n) is 2.84. The number of phosphoric ester groups is 1. The number of nitrogens with two attached hydrogens (primary N) is 1. The SMILES string of the molecule is COP(=O)(O)Oc1cc(N)no1. The van der Waals surface area contributed by atoms with Gasteiger partial charge in [-0.25, -0.2) is 4.57 Å². The first-order valence-corrected chi connectivity index (χ1v) is 4.33. The Morgan fingerprint density at radius 1 is 1.83 bits per heavy atom. The zero-order valence-electron chi connectivity index (χ0n) is 6.13. The Labute approximate surface area is 67.7 Å². The topological polar surface area (TPSA) is 108 Å². The quantitative estimate of drug-likeness (QED) is 0.669. The fourth-order valence-corrected chi connectivity index (χ4v) is 0.853. The molecule has 12 heavy (non-hydrogen) atoms. The highest BCUT2D eigenvalue weighted by molar-refractivity contribution is 7.47. The van der Waals surface area contributed by atoms with E-state index < -0.39 is 7.82 Å². The van der Waals surface area contributed by atoms with Crippen LogP contribution in [0.1, 0.15) is 0 Å². The van der Waals surface area contributed by atoms with E-state index in [9.17, 15) is 4.57 Å². The maximum absolute atomic E-state index is 10.7. The van der Waals surface area contributed by atoms with Gasteiger partial charge in [-0.1, -0.05) is 5.16 Å². The van der Waals surface area contributed by atoms with Crippen molar-refractivity contribution in [3.8, 4) is 5.95 Å². The number of anilines is 1. The molecule has 1 heterocycles. The normalized spacial score (nSPS) is 15.5. The van der Waals surface area contributed by atoms with Crippen LogP contribution in [0.4, 0.5) is 5.82 Å². The van der Waals surface area contributed by atoms with E-state index in [0.717, 1.165) is 13.2 Å². The summed E-state index contributed by atoms with van der Waals surface area (Å²) in [5.74, 6) is -0.207. The molecule has 0 saturated heterocycles. The van der Waals surface area contributed by atoms with E-state index in [2.05, 4.69) is 18.7 Å². The molecule has 0 amide bonds. The molecule has 0 saturated carbocycles. The van der Waals surface area contributed by atoms with Crippen molar-refractivity contribution >= 4 is 13.6 Å². The predicted octanol–water partition coefficient (Wildman–Crippen LogP) is 0.382. The van der Waals surface area contributed by atoms with E-state index in [1.54, 1.807) is 0 Å². The molecular formula is C4H7N2O5P. The minimum absolute atomic E-state index is 0.0566. The van der Waals surface area contributed by atoms with Crippen LogP contribution in [0.2, 0.25) is 0 Å². The van der Waals surface area contributed by atoms with Crippen molar-refractivity contribution in [2.75, 3.05) is 12.8 Å². The molecule has 1 aromatic heterocycles. The summed E-state index contributed by atoms with van der Waals surface area (Å²) in [4.78, 5) is 8.77. The Bertz CT molecular complexity index is 310. The molecule has 1 unspecified atom stereocenters. The van der Waals surface area contributed by atoms with Crippen LogP contribution in [0.15, 0.2) is 10.6 Å². The highest BCUT2D eigenvalue weighted by Crippen LogP contribution is 2.42. The van der Waals surface area contributed by atoms with E-state index in [-0.39, 0.29) is 11.8 Å². The van der Waals surface area contributed by atoms with Gasteiger partial charge in [-0.15, -0.1) is 0 Å². The van der Waals surface area contributed by atoms with Gasteiger partial charge in [-0.05, 0) is 0 Å². The molecule has 0 aliphatic carbocycles. The van der Waals surface area contributed by atoms with Crippen LogP contribution in [0.5, 0.6) is 5.95 Å². The molecule has 68 valence electrons. The Morgan fingerprint density at radius 3 is 2.92 bits per heavy atom. The van der Waals surface area contributed by atoms with Gasteiger partial charge in [0, 0.05) is 7.11 Å². The molecule has 0 bridgehead atoms. The smallest absolute Gasteiger partial charge is 0.381 e. The predicted molar refractivity (Wildman–Crippen MR) is 38.4 cm³/mol. The van der Waals surface area contributed by atoms with E-state index in [4.69, 9.17) is 10.6 Å². The lowest BCUT2D eigenvalue weighted by Crippen LogP contribution is -1.92. The third kappa shape index (κ3) is 2.23. The number of nitrogen functional groups attached to an aromatic ring is 1. The van der Waals surface area contributed by atoms with Gasteiger partial charge in [-0.3, -0.25) is 9.42 Å². The second-order valence-electron chi connectivity index (χ2n) is 1.81. The van der Waals surface area contributed by atoms with E-state index in [1.807, 2.05) is 0 Å². The fraction of sp³-hybridized carbons (Fsp3) is 0.250. The third-order valence-corrected chi connectivity index (χ3v) is 1.81. The second kappa shape index (κ2) is 3.14. The summed E-state index contributed by atoms with van der Waals surface area (Å²) in [5, 5.41) is 3.23. The minimum Gasteiger partial charge on any atom is -0.381 e. The summed E-state index contributed by atoms with van der Waals surface area (Å²) in [5.41, 5.74) is 5.14. The van der Waals surface area contributed by atoms with Crippen LogP contribution in [0.25, 0.3) is 0 Å². The van der Waals surface area contributed by atoms with Crippen molar-refractivity contribution in [1.29, 1.82) is 0 Å². The highest BCUT2D eigenvalue weighted by Gasteiger charge is 2.22. The number of aromatic nitrogens is 1. The van der Waals surface area contributed by atoms with Gasteiger partial charge in [0.05, 0.1) is 6.07 Å². The van der Waals surface area contributed by atoms with Gasteiger partial charge in [0.15, 0.2) is 5.82 Å². The summed E-state index contributed by atoms with van der Waals surface area (Å²) in [6.07, 6.45) is 0. The summed E-state index contributed by atoms with van der Waals surface area (Å²) in [6.45, 7) is 0. The molecule has 8 heteroatoms. The molecule has 0 radical (unpaired) electrons. The van der Waals surface area contributed by atoms with Crippen molar-refractivity contribution in [3.63, 3.8) is 0 Å². The van der Waals surface area contributed by atoms with Crippen LogP contribution in [-0.4, -0.2) is 17.2 Å². The van der Waals surface area contributed by atoms with E-state index >= 15 is 0 Å². The first kappa shape index (κ1) is 9.05. The molecular weight excluding hydrogens is 187 g/mol. The second-order valence-corrected chi connectivity index (χ2v) is 3.30. The average molecular weight is 194 g/mol. The van der Waals surface area contributed by atoms with Gasteiger partial charge in [0.25, 0.3) is 0 Å². The van der Waals surface area contributed by atoms with Crippen LogP contribution < -0.4 is 10.3 Å². The molecule has 0 aromatic carbocycles. The number of rotatable bonds is 3. The zero-order valence-corrected chi connectivity index (χ0v) is 7.02. The van der Waals surface area contributed by atoms with Crippen LogP contribution >= 0.6 is 7.82 Å². The van der Waals surface area contributed by atoms with Gasteiger partial charge < -0.3 is 14.8 Å². The third-order valence-electron chi connectivity index (χ3n) is 0.943. The highest BCUT2D eigenvalue weighted by atomic mass is 31.2. The lowest BCUT2D eigenvalue weighted by molar-refractivity contribution is 0.211. The number of phosphoric acid groups is 1. The lowest BCUT2D eigenvalue weighted by Gasteiger charge is -2.05. The number of hydrogen-bond donors (Lipinski definition) is 2.